The van der Waals surface area contributed by atoms with Crippen LogP contribution in [-0.2, 0) is 24.4 Å². The Bertz CT molecular complexity index is 1300. The third-order valence-electron chi connectivity index (χ3n) is 6.54. The number of hydrogen-bond donors (Lipinski definition) is 1. The molecular formula is C25H23Cl2F3N2O3. The van der Waals surface area contributed by atoms with Crippen molar-refractivity contribution in [2.24, 2.45) is 13.0 Å². The highest BCUT2D eigenvalue weighted by atomic mass is 35.5. The fraction of sp³-hybridized carbons (Fsp3) is 0.360. The minimum atomic E-state index is -4.50. The van der Waals surface area contributed by atoms with Crippen molar-refractivity contribution in [2.45, 2.75) is 31.9 Å². The number of carbonyl (C=O) groups is 2. The summed E-state index contributed by atoms with van der Waals surface area (Å²) in [6, 6.07) is 7.15. The van der Waals surface area contributed by atoms with E-state index in [1.54, 1.807) is 36.3 Å². The topological polar surface area (TPSA) is 62.5 Å². The van der Waals surface area contributed by atoms with Gasteiger partial charge in [0, 0.05) is 49.6 Å². The van der Waals surface area contributed by atoms with Gasteiger partial charge in [-0.05, 0) is 48.1 Å². The van der Waals surface area contributed by atoms with Crippen molar-refractivity contribution in [3.05, 3.63) is 68.8 Å². The van der Waals surface area contributed by atoms with Gasteiger partial charge in [-0.3, -0.25) is 9.59 Å². The van der Waals surface area contributed by atoms with Crippen LogP contribution in [0.2, 0.25) is 10.0 Å². The number of carboxylic acid groups (broad SMARTS) is 1. The zero-order chi connectivity index (χ0) is 25.5. The van der Waals surface area contributed by atoms with Gasteiger partial charge in [0.15, 0.2) is 0 Å². The molecule has 0 saturated carbocycles. The summed E-state index contributed by atoms with van der Waals surface area (Å²) in [4.78, 5) is 25.8. The van der Waals surface area contributed by atoms with E-state index in [2.05, 4.69) is 0 Å². The van der Waals surface area contributed by atoms with E-state index in [0.717, 1.165) is 6.07 Å². The second-order valence-electron chi connectivity index (χ2n) is 8.86. The number of amides is 1. The van der Waals surface area contributed by atoms with E-state index < -0.39 is 17.7 Å². The lowest BCUT2D eigenvalue weighted by molar-refractivity contribution is -0.138. The molecule has 0 unspecified atom stereocenters. The molecule has 1 amide bonds. The number of halogens is 5. The van der Waals surface area contributed by atoms with Crippen molar-refractivity contribution in [3.8, 4) is 0 Å². The molecule has 10 heteroatoms. The van der Waals surface area contributed by atoms with Crippen molar-refractivity contribution in [1.82, 2.24) is 9.47 Å². The third kappa shape index (κ3) is 5.14. The number of para-hydroxylation sites is 1. The van der Waals surface area contributed by atoms with Crippen molar-refractivity contribution < 1.29 is 27.9 Å². The van der Waals surface area contributed by atoms with Crippen LogP contribution in [0.25, 0.3) is 10.9 Å². The van der Waals surface area contributed by atoms with Crippen LogP contribution in [0.4, 0.5) is 13.2 Å². The molecule has 186 valence electrons. The Morgan fingerprint density at radius 2 is 1.80 bits per heavy atom. The molecule has 0 radical (unpaired) electrons. The molecular weight excluding hydrogens is 504 g/mol. The van der Waals surface area contributed by atoms with Crippen LogP contribution >= 0.6 is 23.2 Å². The van der Waals surface area contributed by atoms with Gasteiger partial charge in [-0.15, -0.1) is 0 Å². The number of hydrogen-bond acceptors (Lipinski definition) is 2. The Balaban J connectivity index is 1.63. The summed E-state index contributed by atoms with van der Waals surface area (Å²) in [5.74, 6) is -1.10. The Kier molecular flexibility index (Phi) is 7.06. The average molecular weight is 527 g/mol. The minimum Gasteiger partial charge on any atom is -0.481 e. The molecule has 0 atom stereocenters. The molecule has 0 aliphatic carbocycles. The summed E-state index contributed by atoms with van der Waals surface area (Å²) in [5, 5.41) is 9.91. The summed E-state index contributed by atoms with van der Waals surface area (Å²) in [6.45, 7) is 0.850. The van der Waals surface area contributed by atoms with Crippen LogP contribution < -0.4 is 0 Å². The SMILES string of the molecule is Cn1cc(Cc2c(Cl)ccc(C(=O)N3CCC(CC(=O)O)CC3)c2Cl)c2cccc(C(F)(F)F)c21. The standard InChI is InChI=1S/C25H23Cl2F3N2O3/c1-31-13-15(16-3-2-4-19(23(16)31)25(28,29)30)12-18-20(26)6-5-17(22(18)27)24(35)32-9-7-14(8-10-32)11-21(33)34/h2-6,13-14H,7-12H2,1H3,(H,33,34). The van der Waals surface area contributed by atoms with Crippen LogP contribution in [0, 0.1) is 5.92 Å². The van der Waals surface area contributed by atoms with E-state index in [9.17, 15) is 22.8 Å². The molecule has 1 fully saturated rings. The van der Waals surface area contributed by atoms with Gasteiger partial charge in [-0.25, -0.2) is 0 Å². The Labute approximate surface area is 210 Å². The number of carboxylic acids is 1. The van der Waals surface area contributed by atoms with E-state index in [1.165, 1.54) is 10.6 Å². The van der Waals surface area contributed by atoms with Crippen molar-refractivity contribution in [1.29, 1.82) is 0 Å². The largest absolute Gasteiger partial charge is 0.481 e. The molecule has 1 aliphatic heterocycles. The normalized spacial score (nSPS) is 15.1. The van der Waals surface area contributed by atoms with Gasteiger partial charge in [-0.1, -0.05) is 35.3 Å². The molecule has 1 N–H and O–H groups in total. The maximum absolute atomic E-state index is 13.5. The summed E-state index contributed by atoms with van der Waals surface area (Å²) in [6.07, 6.45) is -1.47. The Hall–Kier alpha value is -2.71. The summed E-state index contributed by atoms with van der Waals surface area (Å²) in [5.41, 5.74) is 0.676. The van der Waals surface area contributed by atoms with Crippen LogP contribution in [0.5, 0.6) is 0 Å². The molecule has 35 heavy (non-hydrogen) atoms. The molecule has 4 rings (SSSR count). The number of carbonyl (C=O) groups excluding carboxylic acids is 1. The van der Waals surface area contributed by atoms with E-state index in [0.29, 0.717) is 47.5 Å². The molecule has 0 bridgehead atoms. The van der Waals surface area contributed by atoms with Gasteiger partial charge >= 0.3 is 12.1 Å². The highest BCUT2D eigenvalue weighted by Crippen LogP contribution is 2.38. The Morgan fingerprint density at radius 1 is 1.11 bits per heavy atom. The molecule has 0 spiro atoms. The highest BCUT2D eigenvalue weighted by Gasteiger charge is 2.34. The smallest absolute Gasteiger partial charge is 0.418 e. The molecule has 1 aromatic heterocycles. The second-order valence-corrected chi connectivity index (χ2v) is 9.65. The number of aryl methyl sites for hydroxylation is 1. The zero-order valence-electron chi connectivity index (χ0n) is 18.8. The van der Waals surface area contributed by atoms with Crippen molar-refractivity contribution in [2.75, 3.05) is 13.1 Å². The maximum atomic E-state index is 13.5. The lowest BCUT2D eigenvalue weighted by atomic mass is 9.93. The highest BCUT2D eigenvalue weighted by molar-refractivity contribution is 6.38. The Morgan fingerprint density at radius 3 is 2.43 bits per heavy atom. The minimum absolute atomic E-state index is 0.0285. The van der Waals surface area contributed by atoms with Gasteiger partial charge in [0.2, 0.25) is 0 Å². The number of alkyl halides is 3. The number of fused-ring (bicyclic) bond motifs is 1. The van der Waals surface area contributed by atoms with Gasteiger partial charge in [0.05, 0.1) is 21.7 Å². The maximum Gasteiger partial charge on any atom is 0.418 e. The van der Waals surface area contributed by atoms with Crippen LogP contribution in [-0.4, -0.2) is 39.5 Å². The molecule has 5 nitrogen and oxygen atoms in total. The fourth-order valence-corrected chi connectivity index (χ4v) is 5.38. The number of piperidine rings is 1. The number of likely N-dealkylation sites (tertiary alicyclic amines) is 1. The van der Waals surface area contributed by atoms with Crippen molar-refractivity contribution >= 4 is 46.0 Å². The van der Waals surface area contributed by atoms with E-state index in [4.69, 9.17) is 28.3 Å². The summed E-state index contributed by atoms with van der Waals surface area (Å²) in [7, 11) is 1.55. The molecule has 3 aromatic rings. The van der Waals surface area contributed by atoms with E-state index in [-0.39, 0.29) is 40.8 Å². The monoisotopic (exact) mass is 526 g/mol. The molecule has 2 heterocycles. The number of nitrogens with zero attached hydrogens (tertiary/aromatic N) is 2. The van der Waals surface area contributed by atoms with Gasteiger partial charge in [0.25, 0.3) is 5.91 Å². The zero-order valence-corrected chi connectivity index (χ0v) is 20.3. The summed E-state index contributed by atoms with van der Waals surface area (Å²) < 4.78 is 42.1. The lowest BCUT2D eigenvalue weighted by Gasteiger charge is -2.31. The summed E-state index contributed by atoms with van der Waals surface area (Å²) >= 11 is 13.1. The van der Waals surface area contributed by atoms with Crippen LogP contribution in [0.15, 0.2) is 36.5 Å². The van der Waals surface area contributed by atoms with Gasteiger partial charge < -0.3 is 14.6 Å². The van der Waals surface area contributed by atoms with E-state index >= 15 is 0 Å². The average Bonchev–Trinajstić information content (AvgIpc) is 3.11. The van der Waals surface area contributed by atoms with Gasteiger partial charge in [0.1, 0.15) is 0 Å². The first kappa shape index (κ1) is 25.4. The number of rotatable bonds is 5. The molecule has 1 aliphatic rings. The quantitative estimate of drug-likeness (QED) is 0.417. The predicted octanol–water partition coefficient (Wildman–Crippen LogP) is 6.42. The van der Waals surface area contributed by atoms with Crippen LogP contribution in [0.3, 0.4) is 0 Å². The lowest BCUT2D eigenvalue weighted by Crippen LogP contribution is -2.39. The first-order valence-corrected chi connectivity index (χ1v) is 11.8. The number of aliphatic carboxylic acids is 1. The predicted molar refractivity (Wildman–Crippen MR) is 128 cm³/mol. The fourth-order valence-electron chi connectivity index (χ4n) is 4.79. The molecule has 1 saturated heterocycles. The first-order chi connectivity index (χ1) is 16.5. The van der Waals surface area contributed by atoms with Gasteiger partial charge in [-0.2, -0.15) is 13.2 Å². The van der Waals surface area contributed by atoms with E-state index in [1.807, 2.05) is 0 Å². The molecule has 2 aromatic carbocycles. The van der Waals surface area contributed by atoms with Crippen LogP contribution in [0.1, 0.15) is 46.3 Å². The van der Waals surface area contributed by atoms with Crippen molar-refractivity contribution in [3.63, 3.8) is 0 Å². The third-order valence-corrected chi connectivity index (χ3v) is 7.32. The number of aromatic nitrogens is 1. The number of benzene rings is 2. The second kappa shape index (κ2) is 9.74. The first-order valence-electron chi connectivity index (χ1n) is 11.1.